The van der Waals surface area contributed by atoms with Crippen LogP contribution in [0.5, 0.6) is 0 Å². The number of amides is 2. The molecule has 3 rings (SSSR count). The molecule has 1 aliphatic rings. The van der Waals surface area contributed by atoms with E-state index in [0.29, 0.717) is 22.0 Å². The molecular formula is C22H26ClN3O2. The number of benzene rings is 2. The highest BCUT2D eigenvalue weighted by Crippen LogP contribution is 2.32. The van der Waals surface area contributed by atoms with Crippen molar-refractivity contribution >= 4 is 40.5 Å². The summed E-state index contributed by atoms with van der Waals surface area (Å²) in [6.45, 7) is 7.48. The van der Waals surface area contributed by atoms with Gasteiger partial charge in [0.15, 0.2) is 0 Å². The van der Waals surface area contributed by atoms with Crippen molar-refractivity contribution in [3.05, 3.63) is 53.1 Å². The number of hydrogen-bond acceptors (Lipinski definition) is 3. The van der Waals surface area contributed by atoms with Gasteiger partial charge in [-0.1, -0.05) is 38.4 Å². The van der Waals surface area contributed by atoms with Crippen LogP contribution in [0, 0.1) is 5.41 Å². The summed E-state index contributed by atoms with van der Waals surface area (Å²) in [4.78, 5) is 27.3. The van der Waals surface area contributed by atoms with E-state index in [1.54, 1.807) is 30.3 Å². The molecule has 5 nitrogen and oxygen atoms in total. The molecule has 2 aromatic carbocycles. The summed E-state index contributed by atoms with van der Waals surface area (Å²) in [5.74, 6) is -0.342. The molecule has 1 fully saturated rings. The Bertz CT molecular complexity index is 884. The zero-order valence-electron chi connectivity index (χ0n) is 16.5. The number of rotatable bonds is 4. The monoisotopic (exact) mass is 399 g/mol. The summed E-state index contributed by atoms with van der Waals surface area (Å²) in [5, 5.41) is 6.41. The zero-order chi connectivity index (χ0) is 20.3. The first-order chi connectivity index (χ1) is 13.2. The lowest BCUT2D eigenvalue weighted by Gasteiger charge is -2.22. The third kappa shape index (κ3) is 4.84. The van der Waals surface area contributed by atoms with Crippen LogP contribution in [0.25, 0.3) is 0 Å². The van der Waals surface area contributed by atoms with E-state index in [2.05, 4.69) is 15.5 Å². The van der Waals surface area contributed by atoms with Crippen molar-refractivity contribution in [2.45, 2.75) is 33.6 Å². The van der Waals surface area contributed by atoms with Crippen LogP contribution in [0.1, 0.15) is 44.0 Å². The van der Waals surface area contributed by atoms with Crippen molar-refractivity contribution in [2.75, 3.05) is 28.6 Å². The van der Waals surface area contributed by atoms with Crippen LogP contribution < -0.4 is 15.5 Å². The molecule has 2 aromatic rings. The van der Waals surface area contributed by atoms with Crippen molar-refractivity contribution < 1.29 is 9.59 Å². The van der Waals surface area contributed by atoms with Gasteiger partial charge in [-0.2, -0.15) is 0 Å². The van der Waals surface area contributed by atoms with Crippen LogP contribution in [-0.4, -0.2) is 24.9 Å². The number of carbonyl (C=O) groups is 2. The Morgan fingerprint density at radius 2 is 1.71 bits per heavy atom. The van der Waals surface area contributed by atoms with Crippen molar-refractivity contribution in [1.82, 2.24) is 0 Å². The lowest BCUT2D eigenvalue weighted by atomic mass is 9.95. The minimum absolute atomic E-state index is 0.101. The fourth-order valence-corrected chi connectivity index (χ4v) is 3.27. The molecule has 0 aliphatic carbocycles. The van der Waals surface area contributed by atoms with Crippen LogP contribution in [0.15, 0.2) is 42.5 Å². The summed E-state index contributed by atoms with van der Waals surface area (Å²) in [7, 11) is 0. The van der Waals surface area contributed by atoms with Crippen LogP contribution in [0.3, 0.4) is 0 Å². The SMILES string of the molecule is CC(C)(C)C(=O)Nc1cccc(C(=O)Nc2cc(Cl)ccc2N2CCCC2)c1. The highest BCUT2D eigenvalue weighted by atomic mass is 35.5. The van der Waals surface area contributed by atoms with Crippen LogP contribution >= 0.6 is 11.6 Å². The number of hydrogen-bond donors (Lipinski definition) is 2. The molecule has 2 N–H and O–H groups in total. The molecule has 0 saturated carbocycles. The van der Waals surface area contributed by atoms with Crippen LogP contribution in [-0.2, 0) is 4.79 Å². The summed E-state index contributed by atoms with van der Waals surface area (Å²) in [5.41, 5.74) is 2.23. The van der Waals surface area contributed by atoms with Gasteiger partial charge in [0.25, 0.3) is 5.91 Å². The van der Waals surface area contributed by atoms with Crippen LogP contribution in [0.2, 0.25) is 5.02 Å². The van der Waals surface area contributed by atoms with Crippen LogP contribution in [0.4, 0.5) is 17.1 Å². The topological polar surface area (TPSA) is 61.4 Å². The Labute approximate surface area is 171 Å². The van der Waals surface area contributed by atoms with E-state index in [0.717, 1.165) is 31.6 Å². The molecule has 0 radical (unpaired) electrons. The molecule has 2 amide bonds. The van der Waals surface area contributed by atoms with E-state index < -0.39 is 5.41 Å². The molecule has 1 saturated heterocycles. The zero-order valence-corrected chi connectivity index (χ0v) is 17.3. The fraction of sp³-hybridized carbons (Fsp3) is 0.364. The Balaban J connectivity index is 1.79. The van der Waals surface area contributed by atoms with Gasteiger partial charge in [0.2, 0.25) is 5.91 Å². The first kappa shape index (κ1) is 20.2. The highest BCUT2D eigenvalue weighted by Gasteiger charge is 2.22. The summed E-state index contributed by atoms with van der Waals surface area (Å²) in [6, 6.07) is 12.5. The number of nitrogens with zero attached hydrogens (tertiary/aromatic N) is 1. The van der Waals surface area contributed by atoms with Gasteiger partial charge in [-0.3, -0.25) is 9.59 Å². The Morgan fingerprint density at radius 3 is 2.39 bits per heavy atom. The Kier molecular flexibility index (Phi) is 5.94. The third-order valence-electron chi connectivity index (χ3n) is 4.72. The molecule has 0 atom stereocenters. The average Bonchev–Trinajstić information content (AvgIpc) is 3.15. The molecule has 0 unspecified atom stereocenters. The van der Waals surface area contributed by atoms with Gasteiger partial charge in [0, 0.05) is 34.8 Å². The van der Waals surface area contributed by atoms with Crippen molar-refractivity contribution in [2.24, 2.45) is 5.41 Å². The maximum Gasteiger partial charge on any atom is 0.255 e. The second kappa shape index (κ2) is 8.23. The van der Waals surface area contributed by atoms with Gasteiger partial charge >= 0.3 is 0 Å². The van der Waals surface area contributed by atoms with Gasteiger partial charge in [-0.15, -0.1) is 0 Å². The van der Waals surface area contributed by atoms with E-state index >= 15 is 0 Å². The minimum Gasteiger partial charge on any atom is -0.370 e. The molecule has 1 heterocycles. The van der Waals surface area contributed by atoms with E-state index in [1.165, 1.54) is 0 Å². The van der Waals surface area contributed by atoms with E-state index in [-0.39, 0.29) is 11.8 Å². The lowest BCUT2D eigenvalue weighted by Crippen LogP contribution is -2.27. The maximum absolute atomic E-state index is 12.8. The molecule has 0 spiro atoms. The number of anilines is 3. The first-order valence-corrected chi connectivity index (χ1v) is 9.89. The van der Waals surface area contributed by atoms with E-state index in [1.807, 2.05) is 32.9 Å². The molecular weight excluding hydrogens is 374 g/mol. The molecule has 6 heteroatoms. The predicted molar refractivity (Wildman–Crippen MR) is 115 cm³/mol. The van der Waals surface area contributed by atoms with E-state index in [9.17, 15) is 9.59 Å². The molecule has 148 valence electrons. The smallest absolute Gasteiger partial charge is 0.255 e. The normalized spacial score (nSPS) is 14.1. The molecule has 28 heavy (non-hydrogen) atoms. The molecule has 0 aromatic heterocycles. The quantitative estimate of drug-likeness (QED) is 0.744. The number of nitrogens with one attached hydrogen (secondary N) is 2. The second-order valence-electron chi connectivity index (χ2n) is 8.09. The maximum atomic E-state index is 12.8. The van der Waals surface area contributed by atoms with Gasteiger partial charge in [-0.05, 0) is 49.2 Å². The first-order valence-electron chi connectivity index (χ1n) is 9.51. The number of halogens is 1. The van der Waals surface area contributed by atoms with Crippen molar-refractivity contribution in [1.29, 1.82) is 0 Å². The minimum atomic E-state index is -0.510. The Morgan fingerprint density at radius 1 is 1.00 bits per heavy atom. The highest BCUT2D eigenvalue weighted by molar-refractivity contribution is 6.31. The largest absolute Gasteiger partial charge is 0.370 e. The average molecular weight is 400 g/mol. The van der Waals surface area contributed by atoms with Gasteiger partial charge in [0.1, 0.15) is 0 Å². The molecule has 0 bridgehead atoms. The standard InChI is InChI=1S/C22H26ClN3O2/c1-22(2,3)21(28)24-17-8-6-7-15(13-17)20(27)25-18-14-16(23)9-10-19(18)26-11-4-5-12-26/h6-10,13-14H,4-5,11-12H2,1-3H3,(H,24,28)(H,25,27). The fourth-order valence-electron chi connectivity index (χ4n) is 3.09. The van der Waals surface area contributed by atoms with Crippen molar-refractivity contribution in [3.8, 4) is 0 Å². The predicted octanol–water partition coefficient (Wildman–Crippen LogP) is 5.18. The van der Waals surface area contributed by atoms with Gasteiger partial charge in [-0.25, -0.2) is 0 Å². The van der Waals surface area contributed by atoms with Crippen molar-refractivity contribution in [3.63, 3.8) is 0 Å². The van der Waals surface area contributed by atoms with E-state index in [4.69, 9.17) is 11.6 Å². The van der Waals surface area contributed by atoms with Gasteiger partial charge in [0.05, 0.1) is 11.4 Å². The Hall–Kier alpha value is -2.53. The number of carbonyl (C=O) groups excluding carboxylic acids is 2. The lowest BCUT2D eigenvalue weighted by molar-refractivity contribution is -0.123. The molecule has 1 aliphatic heterocycles. The third-order valence-corrected chi connectivity index (χ3v) is 4.95. The second-order valence-corrected chi connectivity index (χ2v) is 8.53. The summed E-state index contributed by atoms with van der Waals surface area (Å²) in [6.07, 6.45) is 2.29. The summed E-state index contributed by atoms with van der Waals surface area (Å²) >= 11 is 6.16. The van der Waals surface area contributed by atoms with Gasteiger partial charge < -0.3 is 15.5 Å². The summed E-state index contributed by atoms with van der Waals surface area (Å²) < 4.78 is 0.